The Bertz CT molecular complexity index is 2100. The fourth-order valence-electron chi connectivity index (χ4n) is 10.1. The van der Waals surface area contributed by atoms with Gasteiger partial charge in [0.25, 0.3) is 5.91 Å². The van der Waals surface area contributed by atoms with Gasteiger partial charge in [0, 0.05) is 17.5 Å². The number of aromatic nitrogens is 1. The van der Waals surface area contributed by atoms with E-state index in [9.17, 15) is 22.8 Å². The smallest absolute Gasteiger partial charge is 0.407 e. The van der Waals surface area contributed by atoms with Gasteiger partial charge in [-0.05, 0) is 123 Å². The Balaban J connectivity index is 1.17. The molecule has 4 fully saturated rings. The van der Waals surface area contributed by atoms with Crippen molar-refractivity contribution in [1.82, 2.24) is 25.2 Å². The maximum absolute atomic E-state index is 15.0. The first-order valence-electron chi connectivity index (χ1n) is 22.0. The quantitative estimate of drug-likeness (QED) is 0.312. The van der Waals surface area contributed by atoms with Crippen LogP contribution in [-0.4, -0.2) is 91.4 Å². The molecule has 322 valence electrons. The highest BCUT2D eigenvalue weighted by Crippen LogP contribution is 2.47. The maximum Gasteiger partial charge on any atom is 0.407 e. The molecule has 4 aliphatic carbocycles. The van der Waals surface area contributed by atoms with Crippen LogP contribution in [-0.2, 0) is 48.4 Å². The van der Waals surface area contributed by atoms with Gasteiger partial charge in [0.2, 0.25) is 27.7 Å². The summed E-state index contributed by atoms with van der Waals surface area (Å²) in [6.07, 6.45) is 11.0. The van der Waals surface area contributed by atoms with E-state index in [4.69, 9.17) is 19.2 Å². The lowest BCUT2D eigenvalue weighted by Gasteiger charge is -2.35. The number of hydrogen-bond acceptors (Lipinski definition) is 10. The van der Waals surface area contributed by atoms with Crippen LogP contribution in [0.4, 0.5) is 4.79 Å². The summed E-state index contributed by atoms with van der Waals surface area (Å²) in [7, 11) is -2.18. The molecule has 4 bridgehead atoms. The molecule has 0 unspecified atom stereocenters. The second kappa shape index (κ2) is 16.4. The van der Waals surface area contributed by atoms with Crippen molar-refractivity contribution < 1.29 is 41.8 Å². The Morgan fingerprint density at radius 2 is 1.76 bits per heavy atom. The number of hydrogen-bond donors (Lipinski definition) is 3. The molecule has 8 rings (SSSR count). The fraction of sp³-hybridized carbons (Fsp3) is 0.705. The Hall–Kier alpha value is -4.14. The summed E-state index contributed by atoms with van der Waals surface area (Å²) in [5.74, 6) is -0.904. The van der Waals surface area contributed by atoms with Gasteiger partial charge in [-0.1, -0.05) is 46.5 Å². The van der Waals surface area contributed by atoms with E-state index < -0.39 is 62.8 Å². The van der Waals surface area contributed by atoms with Crippen molar-refractivity contribution in [3.63, 3.8) is 0 Å². The first-order valence-corrected chi connectivity index (χ1v) is 23.6. The molecule has 6 aliphatic rings. The van der Waals surface area contributed by atoms with E-state index in [2.05, 4.69) is 41.3 Å². The monoisotopic (exact) mass is 835 g/mol. The van der Waals surface area contributed by atoms with Crippen LogP contribution in [0.5, 0.6) is 11.6 Å². The number of nitrogens with zero attached hydrogens (tertiary/aromatic N) is 2. The number of ether oxygens (including phenoxy) is 3. The molecule has 15 heteroatoms. The van der Waals surface area contributed by atoms with Crippen molar-refractivity contribution >= 4 is 44.6 Å². The number of fused-ring (bicyclic) bond motifs is 5. The minimum absolute atomic E-state index is 0.0413. The predicted octanol–water partition coefficient (Wildman–Crippen LogP) is 5.40. The molecule has 1 aromatic heterocycles. The van der Waals surface area contributed by atoms with Crippen LogP contribution in [0.15, 0.2) is 12.1 Å². The third-order valence-electron chi connectivity index (χ3n) is 13.9. The summed E-state index contributed by atoms with van der Waals surface area (Å²) in [4.78, 5) is 63.6. The van der Waals surface area contributed by atoms with Gasteiger partial charge < -0.3 is 29.7 Å². The molecule has 3 saturated carbocycles. The minimum Gasteiger partial charge on any atom is -0.496 e. The molecule has 2 aliphatic heterocycles. The first kappa shape index (κ1) is 41.6. The highest BCUT2D eigenvalue weighted by atomic mass is 32.2. The van der Waals surface area contributed by atoms with Crippen molar-refractivity contribution in [1.29, 1.82) is 0 Å². The standard InChI is InChI=1S/C44H61N5O9S/c1-5-28-23-44(28,41(52)48-59(54,55)30-17-18-30)47-38(50)35-21-29-24-49(35)40(51)37(26-12-7-6-8-13-26)46-42(53)57-25-43(2,3)19-11-14-27-20-33-32(22-36(27)56-4)31-15-9-10-16-34(31)45-39(33)58-29/h20,22,26,28-30,35,37H,5-19,21,23-25H2,1-4H3,(H,46,53)(H,47,50)(H,48,52)/t28-,29-,35+,37+,44-/m1/s1. The van der Waals surface area contributed by atoms with Gasteiger partial charge in [-0.25, -0.2) is 18.2 Å². The van der Waals surface area contributed by atoms with E-state index in [0.29, 0.717) is 25.1 Å². The van der Waals surface area contributed by atoms with Crippen LogP contribution < -0.4 is 24.8 Å². The zero-order chi connectivity index (χ0) is 41.7. The largest absolute Gasteiger partial charge is 0.496 e. The maximum atomic E-state index is 15.0. The molecule has 5 atom stereocenters. The second-order valence-electron chi connectivity index (χ2n) is 18.8. The number of aryl methyl sites for hydroxylation is 3. The number of cyclic esters (lactones) is 1. The Labute approximate surface area is 347 Å². The van der Waals surface area contributed by atoms with Crippen LogP contribution in [0, 0.1) is 17.3 Å². The topological polar surface area (TPSA) is 182 Å². The van der Waals surface area contributed by atoms with Gasteiger partial charge in [0.05, 0.1) is 25.5 Å². The number of sulfonamides is 1. The average molecular weight is 836 g/mol. The number of carbonyl (C=O) groups excluding carboxylic acids is 4. The molecule has 0 spiro atoms. The van der Waals surface area contributed by atoms with Crippen LogP contribution in [0.25, 0.3) is 10.8 Å². The third-order valence-corrected chi connectivity index (χ3v) is 15.7. The molecule has 0 radical (unpaired) electrons. The number of rotatable bonds is 8. The van der Waals surface area contributed by atoms with E-state index in [-0.39, 0.29) is 43.2 Å². The van der Waals surface area contributed by atoms with Gasteiger partial charge in [-0.2, -0.15) is 0 Å². The minimum atomic E-state index is -3.87. The van der Waals surface area contributed by atoms with Crippen LogP contribution >= 0.6 is 0 Å². The van der Waals surface area contributed by atoms with Crippen LogP contribution in [0.3, 0.4) is 0 Å². The number of benzene rings is 1. The lowest BCUT2D eigenvalue weighted by molar-refractivity contribution is -0.142. The first-order chi connectivity index (χ1) is 28.2. The molecule has 2 aromatic rings. The van der Waals surface area contributed by atoms with Gasteiger partial charge in [0.1, 0.15) is 29.5 Å². The number of carbonyl (C=O) groups is 4. The summed E-state index contributed by atoms with van der Waals surface area (Å²) in [5, 5.41) is 7.18. The number of alkyl carbamates (subject to hydrolysis) is 1. The summed E-state index contributed by atoms with van der Waals surface area (Å²) >= 11 is 0. The summed E-state index contributed by atoms with van der Waals surface area (Å²) < 4.78 is 46.7. The number of pyridine rings is 1. The third kappa shape index (κ3) is 8.59. The molecular formula is C44H61N5O9S. The molecule has 1 saturated heterocycles. The highest BCUT2D eigenvalue weighted by Gasteiger charge is 2.62. The van der Waals surface area contributed by atoms with E-state index in [1.807, 2.05) is 6.92 Å². The van der Waals surface area contributed by atoms with E-state index in [1.54, 1.807) is 7.11 Å². The molecule has 1 aromatic carbocycles. The number of methoxy groups -OCH3 is 1. The number of nitrogens with one attached hydrogen (secondary N) is 3. The van der Waals surface area contributed by atoms with E-state index >= 15 is 4.79 Å². The van der Waals surface area contributed by atoms with E-state index in [1.165, 1.54) is 10.5 Å². The van der Waals surface area contributed by atoms with Crippen molar-refractivity contribution in [2.45, 2.75) is 159 Å². The predicted molar refractivity (Wildman–Crippen MR) is 220 cm³/mol. The zero-order valence-corrected chi connectivity index (χ0v) is 35.8. The summed E-state index contributed by atoms with van der Waals surface area (Å²) in [6.45, 7) is 6.22. The molecule has 3 N–H and O–H groups in total. The van der Waals surface area contributed by atoms with Gasteiger partial charge in [0.15, 0.2) is 0 Å². The van der Waals surface area contributed by atoms with Crippen molar-refractivity contribution in [3.05, 3.63) is 29.0 Å². The van der Waals surface area contributed by atoms with Gasteiger partial charge in [-0.15, -0.1) is 0 Å². The Kier molecular flexibility index (Phi) is 11.5. The fourth-order valence-corrected chi connectivity index (χ4v) is 11.5. The highest BCUT2D eigenvalue weighted by molar-refractivity contribution is 7.91. The molecule has 59 heavy (non-hydrogen) atoms. The average Bonchev–Trinajstić information content (AvgIpc) is 4.15. The summed E-state index contributed by atoms with van der Waals surface area (Å²) in [6, 6.07) is 2.20. The molecule has 3 heterocycles. The lowest BCUT2D eigenvalue weighted by atomic mass is 9.83. The number of amides is 4. The van der Waals surface area contributed by atoms with Crippen molar-refractivity contribution in [3.8, 4) is 11.6 Å². The second-order valence-corrected chi connectivity index (χ2v) is 20.8. The Morgan fingerprint density at radius 3 is 2.47 bits per heavy atom. The van der Waals surface area contributed by atoms with Gasteiger partial charge in [-0.3, -0.25) is 19.1 Å². The summed E-state index contributed by atoms with van der Waals surface area (Å²) in [5.41, 5.74) is 1.41. The van der Waals surface area contributed by atoms with E-state index in [0.717, 1.165) is 105 Å². The van der Waals surface area contributed by atoms with Crippen molar-refractivity contribution in [2.75, 3.05) is 20.3 Å². The molecular weight excluding hydrogens is 775 g/mol. The van der Waals surface area contributed by atoms with Crippen molar-refractivity contribution in [2.24, 2.45) is 17.3 Å². The SMILES string of the molecule is CC[C@@H]1C[C@]1(NC(=O)[C@@H]1C[C@@H]2CN1C(=O)[C@H](C1CCCCC1)NC(=O)OCC(C)(C)CCCc1cc3c(nc4c(c3cc1OC)CCCC4)O2)C(=O)NS(=O)(=O)C1CC1. The zero-order valence-electron chi connectivity index (χ0n) is 35.0. The van der Waals surface area contributed by atoms with Crippen LogP contribution in [0.2, 0.25) is 0 Å². The molecule has 14 nitrogen and oxygen atoms in total. The lowest BCUT2D eigenvalue weighted by Crippen LogP contribution is -2.59. The van der Waals surface area contributed by atoms with Gasteiger partial charge >= 0.3 is 6.09 Å². The van der Waals surface area contributed by atoms with Crippen LogP contribution in [0.1, 0.15) is 127 Å². The molecule has 4 amide bonds. The Morgan fingerprint density at radius 1 is 1.00 bits per heavy atom. The normalized spacial score (nSPS) is 29.0.